The zero-order valence-electron chi connectivity index (χ0n) is 18.5. The van der Waals surface area contributed by atoms with Gasteiger partial charge >= 0.3 is 0 Å². The van der Waals surface area contributed by atoms with Crippen LogP contribution in [0.4, 0.5) is 4.39 Å². The first-order valence-electron chi connectivity index (χ1n) is 11.5. The van der Waals surface area contributed by atoms with Gasteiger partial charge in [0.1, 0.15) is 5.82 Å². The van der Waals surface area contributed by atoms with Crippen molar-refractivity contribution >= 4 is 0 Å². The van der Waals surface area contributed by atoms with Crippen LogP contribution in [0.2, 0.25) is 0 Å². The molecule has 0 bridgehead atoms. The van der Waals surface area contributed by atoms with Crippen molar-refractivity contribution in [3.8, 4) is 0 Å². The average Bonchev–Trinajstić information content (AvgIpc) is 3.54. The molecule has 2 heterocycles. The molecule has 1 saturated carbocycles. The molecule has 33 heavy (non-hydrogen) atoms. The molecule has 1 fully saturated rings. The van der Waals surface area contributed by atoms with E-state index in [-0.39, 0.29) is 11.9 Å². The number of nitrogens with zero attached hydrogens (tertiary/aromatic N) is 6. The molecule has 2 aromatic carbocycles. The standard InChI is InChI=1S/C26H27FN6/c27-23-14-12-22(13-15-23)25(26-29-30-31-33(26)24-10-4-5-11-24)32(18-20-7-2-1-3-8-20)19-21-9-6-16-28-17-21/h1-3,6-9,12-17,24-25H,4-5,10-11,18-19H2/t25-/m0/s1. The van der Waals surface area contributed by atoms with Crippen LogP contribution in [-0.2, 0) is 13.1 Å². The summed E-state index contributed by atoms with van der Waals surface area (Å²) < 4.78 is 15.8. The summed E-state index contributed by atoms with van der Waals surface area (Å²) in [5.74, 6) is 0.545. The lowest BCUT2D eigenvalue weighted by molar-refractivity contribution is 0.191. The zero-order valence-corrected chi connectivity index (χ0v) is 18.5. The van der Waals surface area contributed by atoms with Gasteiger partial charge in [-0.05, 0) is 58.2 Å². The fourth-order valence-corrected chi connectivity index (χ4v) is 4.74. The van der Waals surface area contributed by atoms with E-state index in [1.807, 2.05) is 47.3 Å². The number of halogens is 1. The fourth-order valence-electron chi connectivity index (χ4n) is 4.74. The normalized spacial score (nSPS) is 15.2. The molecule has 0 N–H and O–H groups in total. The summed E-state index contributed by atoms with van der Waals surface area (Å²) in [4.78, 5) is 6.65. The van der Waals surface area contributed by atoms with Crippen molar-refractivity contribution in [3.63, 3.8) is 0 Å². The zero-order chi connectivity index (χ0) is 22.5. The van der Waals surface area contributed by atoms with Gasteiger partial charge in [-0.25, -0.2) is 9.07 Å². The monoisotopic (exact) mass is 442 g/mol. The first-order valence-corrected chi connectivity index (χ1v) is 11.5. The van der Waals surface area contributed by atoms with E-state index in [9.17, 15) is 4.39 Å². The molecule has 0 saturated heterocycles. The van der Waals surface area contributed by atoms with E-state index in [2.05, 4.69) is 43.6 Å². The van der Waals surface area contributed by atoms with Crippen LogP contribution in [0.3, 0.4) is 0 Å². The lowest BCUT2D eigenvalue weighted by atomic mass is 10.0. The topological polar surface area (TPSA) is 59.7 Å². The number of tetrazole rings is 1. The van der Waals surface area contributed by atoms with Crippen LogP contribution in [0.25, 0.3) is 0 Å². The molecule has 0 aliphatic heterocycles. The Morgan fingerprint density at radius 2 is 1.64 bits per heavy atom. The highest BCUT2D eigenvalue weighted by atomic mass is 19.1. The Labute approximate surface area is 193 Å². The van der Waals surface area contributed by atoms with Crippen molar-refractivity contribution < 1.29 is 4.39 Å². The minimum atomic E-state index is -0.255. The smallest absolute Gasteiger partial charge is 0.173 e. The first-order chi connectivity index (χ1) is 16.3. The van der Waals surface area contributed by atoms with Crippen molar-refractivity contribution in [2.45, 2.75) is 50.9 Å². The number of aromatic nitrogens is 5. The SMILES string of the molecule is Fc1ccc([C@@H](c2nnnn2C2CCCC2)N(Cc2ccccc2)Cc2cccnc2)cc1. The summed E-state index contributed by atoms with van der Waals surface area (Å²) in [5.41, 5.74) is 3.25. The highest BCUT2D eigenvalue weighted by Gasteiger charge is 2.31. The summed E-state index contributed by atoms with van der Waals surface area (Å²) in [6.45, 7) is 1.34. The van der Waals surface area contributed by atoms with Crippen LogP contribution in [0.5, 0.6) is 0 Å². The van der Waals surface area contributed by atoms with Gasteiger partial charge in [-0.1, -0.05) is 61.4 Å². The van der Waals surface area contributed by atoms with Crippen LogP contribution < -0.4 is 0 Å². The van der Waals surface area contributed by atoms with Crippen molar-refractivity contribution in [1.29, 1.82) is 0 Å². The molecule has 1 atom stereocenters. The van der Waals surface area contributed by atoms with Crippen molar-refractivity contribution in [2.24, 2.45) is 0 Å². The fraction of sp³-hybridized carbons (Fsp3) is 0.308. The van der Waals surface area contributed by atoms with E-state index in [1.54, 1.807) is 6.20 Å². The Bertz CT molecular complexity index is 1100. The van der Waals surface area contributed by atoms with Crippen LogP contribution in [0.15, 0.2) is 79.1 Å². The van der Waals surface area contributed by atoms with Gasteiger partial charge in [0.05, 0.1) is 12.1 Å². The molecule has 0 amide bonds. The molecule has 0 unspecified atom stereocenters. The minimum Gasteiger partial charge on any atom is -0.281 e. The predicted octanol–water partition coefficient (Wildman–Crippen LogP) is 5.11. The number of pyridine rings is 1. The number of hydrogen-bond donors (Lipinski definition) is 0. The van der Waals surface area contributed by atoms with E-state index in [1.165, 1.54) is 30.5 Å². The van der Waals surface area contributed by atoms with Gasteiger partial charge in [0.25, 0.3) is 0 Å². The Morgan fingerprint density at radius 1 is 0.909 bits per heavy atom. The van der Waals surface area contributed by atoms with Crippen LogP contribution in [0.1, 0.15) is 60.3 Å². The largest absolute Gasteiger partial charge is 0.281 e. The molecule has 6 nitrogen and oxygen atoms in total. The van der Waals surface area contributed by atoms with Gasteiger partial charge < -0.3 is 0 Å². The molecular weight excluding hydrogens is 415 g/mol. The molecule has 1 aliphatic rings. The average molecular weight is 443 g/mol. The molecule has 1 aliphatic carbocycles. The highest BCUT2D eigenvalue weighted by Crippen LogP contribution is 2.35. The van der Waals surface area contributed by atoms with E-state index < -0.39 is 0 Å². The number of rotatable bonds is 8. The summed E-state index contributed by atoms with van der Waals surface area (Å²) in [5, 5.41) is 13.0. The van der Waals surface area contributed by atoms with Gasteiger partial charge in [0, 0.05) is 25.5 Å². The molecular formula is C26H27FN6. The van der Waals surface area contributed by atoms with Gasteiger partial charge in [-0.2, -0.15) is 0 Å². The third-order valence-corrected chi connectivity index (χ3v) is 6.32. The third kappa shape index (κ3) is 4.98. The second kappa shape index (κ2) is 10.0. The molecule has 4 aromatic rings. The highest BCUT2D eigenvalue weighted by molar-refractivity contribution is 5.27. The molecule has 0 spiro atoms. The van der Waals surface area contributed by atoms with E-state index in [4.69, 9.17) is 0 Å². The molecule has 2 aromatic heterocycles. The van der Waals surface area contributed by atoms with Crippen molar-refractivity contribution in [3.05, 3.63) is 107 Å². The quantitative estimate of drug-likeness (QED) is 0.379. The minimum absolute atomic E-state index is 0.235. The van der Waals surface area contributed by atoms with Crippen LogP contribution >= 0.6 is 0 Å². The third-order valence-electron chi connectivity index (χ3n) is 6.32. The number of benzene rings is 2. The molecule has 7 heteroatoms. The Hall–Kier alpha value is -3.45. The predicted molar refractivity (Wildman–Crippen MR) is 123 cm³/mol. The maximum atomic E-state index is 13.8. The molecule has 5 rings (SSSR count). The van der Waals surface area contributed by atoms with Crippen molar-refractivity contribution in [2.75, 3.05) is 0 Å². The first kappa shape index (κ1) is 21.4. The van der Waals surface area contributed by atoms with Gasteiger partial charge in [0.15, 0.2) is 5.82 Å². The van der Waals surface area contributed by atoms with Crippen molar-refractivity contribution in [1.82, 2.24) is 30.1 Å². The van der Waals surface area contributed by atoms with Gasteiger partial charge in [-0.3, -0.25) is 9.88 Å². The van der Waals surface area contributed by atoms with Crippen LogP contribution in [0, 0.1) is 5.82 Å². The maximum absolute atomic E-state index is 13.8. The second-order valence-corrected chi connectivity index (χ2v) is 8.63. The summed E-state index contributed by atoms with van der Waals surface area (Å²) >= 11 is 0. The Morgan fingerprint density at radius 3 is 2.36 bits per heavy atom. The maximum Gasteiger partial charge on any atom is 0.173 e. The van der Waals surface area contributed by atoms with Gasteiger partial charge in [0.2, 0.25) is 0 Å². The summed E-state index contributed by atoms with van der Waals surface area (Å²) in [6, 6.07) is 21.2. The van der Waals surface area contributed by atoms with E-state index in [0.29, 0.717) is 19.1 Å². The molecule has 0 radical (unpaired) electrons. The van der Waals surface area contributed by atoms with Crippen LogP contribution in [-0.4, -0.2) is 30.1 Å². The molecule has 168 valence electrons. The Balaban J connectivity index is 1.59. The Kier molecular flexibility index (Phi) is 6.48. The lowest BCUT2D eigenvalue weighted by Gasteiger charge is -2.32. The lowest BCUT2D eigenvalue weighted by Crippen LogP contribution is -2.32. The van der Waals surface area contributed by atoms with E-state index in [0.717, 1.165) is 29.8 Å². The van der Waals surface area contributed by atoms with E-state index >= 15 is 0 Å². The summed E-state index contributed by atoms with van der Waals surface area (Å²) in [7, 11) is 0. The van der Waals surface area contributed by atoms with Gasteiger partial charge in [-0.15, -0.1) is 5.10 Å². The summed E-state index contributed by atoms with van der Waals surface area (Å²) in [6.07, 6.45) is 8.21. The number of hydrogen-bond acceptors (Lipinski definition) is 5. The second-order valence-electron chi connectivity index (χ2n) is 8.63.